The van der Waals surface area contributed by atoms with Crippen molar-refractivity contribution in [3.05, 3.63) is 41.5 Å². The molecular weight excluding hydrogens is 325 g/mol. The highest BCUT2D eigenvalue weighted by Crippen LogP contribution is 2.62. The summed E-state index contributed by atoms with van der Waals surface area (Å²) in [6.07, 6.45) is -4.97. The molecule has 0 N–H and O–H groups in total. The molecule has 0 spiro atoms. The van der Waals surface area contributed by atoms with Crippen LogP contribution in [0.3, 0.4) is 0 Å². The molecule has 1 aliphatic rings. The van der Waals surface area contributed by atoms with Gasteiger partial charge in [0.05, 0.1) is 14.2 Å². The monoisotopic (exact) mass is 342 g/mol. The van der Waals surface area contributed by atoms with Crippen molar-refractivity contribution in [2.24, 2.45) is 11.3 Å². The smallest absolute Gasteiger partial charge is 0.413 e. The largest absolute Gasteiger partial charge is 0.468 e. The minimum Gasteiger partial charge on any atom is -0.468 e. The van der Waals surface area contributed by atoms with Gasteiger partial charge in [-0.2, -0.15) is 13.2 Å². The van der Waals surface area contributed by atoms with Gasteiger partial charge in [-0.25, -0.2) is 0 Å². The molecule has 4 nitrogen and oxygen atoms in total. The molecule has 130 valence electrons. The molecule has 0 heterocycles. The fourth-order valence-corrected chi connectivity index (χ4v) is 3.03. The molecule has 1 saturated carbocycles. The third-order valence-corrected chi connectivity index (χ3v) is 4.32. The molecule has 0 aromatic heterocycles. The first-order chi connectivity index (χ1) is 11.2. The quantitative estimate of drug-likeness (QED) is 0.622. The number of carbonyl (C=O) groups is 2. The molecular formula is C17H17F3O4. The van der Waals surface area contributed by atoms with E-state index in [1.807, 2.05) is 0 Å². The average Bonchev–Trinajstić information content (AvgIpc) is 3.28. The lowest BCUT2D eigenvalue weighted by Crippen LogP contribution is -2.32. The summed E-state index contributed by atoms with van der Waals surface area (Å²) in [4.78, 5) is 24.0. The molecule has 0 saturated heterocycles. The number of carbonyl (C=O) groups excluding carboxylic acids is 2. The molecule has 2 rings (SSSR count). The number of ether oxygens (including phenoxy) is 2. The summed E-state index contributed by atoms with van der Waals surface area (Å²) in [5, 5.41) is 0. The number of benzene rings is 1. The Morgan fingerprint density at radius 1 is 1.08 bits per heavy atom. The fourth-order valence-electron chi connectivity index (χ4n) is 3.03. The predicted octanol–water partition coefficient (Wildman–Crippen LogP) is 3.37. The Hall–Kier alpha value is -2.31. The van der Waals surface area contributed by atoms with Gasteiger partial charge >= 0.3 is 18.1 Å². The van der Waals surface area contributed by atoms with Crippen molar-refractivity contribution in [1.29, 1.82) is 0 Å². The molecule has 0 bridgehead atoms. The van der Waals surface area contributed by atoms with Gasteiger partial charge in [0.15, 0.2) is 5.41 Å². The molecule has 1 aromatic rings. The van der Waals surface area contributed by atoms with Crippen LogP contribution in [0.25, 0.3) is 5.57 Å². The third kappa shape index (κ3) is 2.90. The number of esters is 2. The summed E-state index contributed by atoms with van der Waals surface area (Å²) in [6, 6.07) is 8.01. The Bertz CT molecular complexity index is 661. The van der Waals surface area contributed by atoms with Crippen LogP contribution in [0.4, 0.5) is 13.2 Å². The van der Waals surface area contributed by atoms with Crippen LogP contribution in [0.15, 0.2) is 35.9 Å². The maximum absolute atomic E-state index is 13.7. The number of hydrogen-bond donors (Lipinski definition) is 0. The Balaban J connectivity index is 2.56. The van der Waals surface area contributed by atoms with E-state index >= 15 is 0 Å². The molecule has 0 amide bonds. The molecule has 7 heteroatoms. The number of halogens is 3. The maximum Gasteiger partial charge on any atom is 0.413 e. The minimum atomic E-state index is -4.69. The molecule has 24 heavy (non-hydrogen) atoms. The maximum atomic E-state index is 13.7. The minimum absolute atomic E-state index is 0.0252. The number of methoxy groups -OCH3 is 2. The van der Waals surface area contributed by atoms with Crippen LogP contribution < -0.4 is 0 Å². The lowest BCUT2D eigenvalue weighted by atomic mass is 9.92. The number of alkyl halides is 3. The predicted molar refractivity (Wildman–Crippen MR) is 79.7 cm³/mol. The van der Waals surface area contributed by atoms with Crippen molar-refractivity contribution in [3.8, 4) is 0 Å². The van der Waals surface area contributed by atoms with Gasteiger partial charge in [-0.3, -0.25) is 9.59 Å². The van der Waals surface area contributed by atoms with Crippen LogP contribution >= 0.6 is 0 Å². The first-order valence-corrected chi connectivity index (χ1v) is 7.20. The second kappa shape index (κ2) is 6.30. The van der Waals surface area contributed by atoms with Gasteiger partial charge in [0, 0.05) is 11.5 Å². The number of allylic oxidation sites excluding steroid dienone is 2. The zero-order valence-electron chi connectivity index (χ0n) is 13.4. The van der Waals surface area contributed by atoms with Crippen molar-refractivity contribution in [3.63, 3.8) is 0 Å². The normalized spacial score (nSPS) is 20.0. The second-order valence-electron chi connectivity index (χ2n) is 5.61. The summed E-state index contributed by atoms with van der Waals surface area (Å²) >= 11 is 0. The molecule has 1 aromatic carbocycles. The van der Waals surface area contributed by atoms with E-state index in [4.69, 9.17) is 0 Å². The van der Waals surface area contributed by atoms with E-state index < -0.39 is 35.0 Å². The summed E-state index contributed by atoms with van der Waals surface area (Å²) < 4.78 is 50.1. The first-order valence-electron chi connectivity index (χ1n) is 7.20. The topological polar surface area (TPSA) is 52.6 Å². The van der Waals surface area contributed by atoms with Crippen LogP contribution in [-0.2, 0) is 19.1 Å². The van der Waals surface area contributed by atoms with Crippen molar-refractivity contribution in [2.45, 2.75) is 19.5 Å². The van der Waals surface area contributed by atoms with E-state index in [0.29, 0.717) is 5.56 Å². The Morgan fingerprint density at radius 3 is 2.00 bits per heavy atom. The standard InChI is InChI=1S/C17H17F3O4/c1-10(11-7-5-4-6-8-11)13(17(18,19)20)12-9-16(12,14(21)23-2)15(22)24-3/h4-8,12H,9H2,1-3H3/b13-10-. The lowest BCUT2D eigenvalue weighted by molar-refractivity contribution is -0.162. The molecule has 1 fully saturated rings. The van der Waals surface area contributed by atoms with Gasteiger partial charge in [0.2, 0.25) is 0 Å². The first kappa shape index (κ1) is 18.0. The van der Waals surface area contributed by atoms with Gasteiger partial charge in [0.1, 0.15) is 0 Å². The third-order valence-electron chi connectivity index (χ3n) is 4.32. The van der Waals surface area contributed by atoms with Crippen molar-refractivity contribution >= 4 is 17.5 Å². The molecule has 0 radical (unpaired) electrons. The zero-order valence-corrected chi connectivity index (χ0v) is 13.4. The fraction of sp³-hybridized carbons (Fsp3) is 0.412. The molecule has 0 aliphatic heterocycles. The highest BCUT2D eigenvalue weighted by molar-refractivity contribution is 6.05. The number of rotatable bonds is 4. The SMILES string of the molecule is COC(=O)C1(C(=O)OC)CC1/C(=C(\C)c1ccccc1)C(F)(F)F. The molecule has 1 aliphatic carbocycles. The summed E-state index contributed by atoms with van der Waals surface area (Å²) in [7, 11) is 2.06. The van der Waals surface area contributed by atoms with E-state index in [0.717, 1.165) is 14.2 Å². The van der Waals surface area contributed by atoms with Crippen LogP contribution in [0.2, 0.25) is 0 Å². The molecule has 1 unspecified atom stereocenters. The highest BCUT2D eigenvalue weighted by Gasteiger charge is 2.72. The Labute approximate surface area is 137 Å². The van der Waals surface area contributed by atoms with Gasteiger partial charge in [-0.05, 0) is 24.5 Å². The lowest BCUT2D eigenvalue weighted by Gasteiger charge is -2.19. The van der Waals surface area contributed by atoms with E-state index in [1.54, 1.807) is 30.3 Å². The van der Waals surface area contributed by atoms with Crippen LogP contribution in [0, 0.1) is 11.3 Å². The van der Waals surface area contributed by atoms with E-state index in [9.17, 15) is 22.8 Å². The number of hydrogen-bond acceptors (Lipinski definition) is 4. The van der Waals surface area contributed by atoms with Gasteiger partial charge in [-0.1, -0.05) is 30.3 Å². The Morgan fingerprint density at radius 2 is 1.58 bits per heavy atom. The van der Waals surface area contributed by atoms with Crippen LogP contribution in [-0.4, -0.2) is 32.3 Å². The average molecular weight is 342 g/mol. The van der Waals surface area contributed by atoms with Crippen molar-refractivity contribution in [1.82, 2.24) is 0 Å². The second-order valence-corrected chi connectivity index (χ2v) is 5.61. The van der Waals surface area contributed by atoms with E-state index in [1.165, 1.54) is 6.92 Å². The van der Waals surface area contributed by atoms with E-state index in [-0.39, 0.29) is 12.0 Å². The molecule has 1 atom stereocenters. The van der Waals surface area contributed by atoms with Gasteiger partial charge in [-0.15, -0.1) is 0 Å². The summed E-state index contributed by atoms with van der Waals surface area (Å²) in [5.41, 5.74) is -2.47. The van der Waals surface area contributed by atoms with Crippen molar-refractivity contribution < 1.29 is 32.2 Å². The van der Waals surface area contributed by atoms with Crippen molar-refractivity contribution in [2.75, 3.05) is 14.2 Å². The van der Waals surface area contributed by atoms with Crippen LogP contribution in [0.1, 0.15) is 18.9 Å². The van der Waals surface area contributed by atoms with Gasteiger partial charge in [0.25, 0.3) is 0 Å². The zero-order chi connectivity index (χ0) is 18.1. The summed E-state index contributed by atoms with van der Waals surface area (Å²) in [5.74, 6) is -3.35. The van der Waals surface area contributed by atoms with E-state index in [2.05, 4.69) is 9.47 Å². The van der Waals surface area contributed by atoms with Crippen LogP contribution in [0.5, 0.6) is 0 Å². The summed E-state index contributed by atoms with van der Waals surface area (Å²) in [6.45, 7) is 1.33. The van der Waals surface area contributed by atoms with Gasteiger partial charge < -0.3 is 9.47 Å². The highest BCUT2D eigenvalue weighted by atomic mass is 19.4. The Kier molecular flexibility index (Phi) is 4.73.